The Balaban J connectivity index is 2.35. The van der Waals surface area contributed by atoms with Crippen molar-refractivity contribution in [3.63, 3.8) is 0 Å². The molecule has 1 saturated carbocycles. The van der Waals surface area contributed by atoms with Gasteiger partial charge in [-0.05, 0) is 30.7 Å². The van der Waals surface area contributed by atoms with Crippen LogP contribution in [0.25, 0.3) is 0 Å². The maximum absolute atomic E-state index is 6.38. The second-order valence-corrected chi connectivity index (χ2v) is 4.63. The molecule has 0 aliphatic heterocycles. The zero-order chi connectivity index (χ0) is 9.53. The van der Waals surface area contributed by atoms with E-state index in [0.717, 1.165) is 0 Å². The van der Waals surface area contributed by atoms with Crippen molar-refractivity contribution in [2.75, 3.05) is 0 Å². The Labute approximate surface area is 80.0 Å². The normalized spacial score (nSPS) is 23.6. The van der Waals surface area contributed by atoms with Gasteiger partial charge in [0.2, 0.25) is 0 Å². The molecule has 0 amide bonds. The van der Waals surface area contributed by atoms with Crippen LogP contribution in [0.1, 0.15) is 32.3 Å². The number of hydrogen-bond donors (Lipinski definition) is 1. The molecule has 1 unspecified atom stereocenters. The molecule has 2 N–H and O–H groups in total. The molecule has 0 heterocycles. The van der Waals surface area contributed by atoms with E-state index in [0.29, 0.717) is 5.41 Å². The maximum Gasteiger partial charge on any atom is 0.0435 e. The summed E-state index contributed by atoms with van der Waals surface area (Å²) in [5.41, 5.74) is 7.81. The summed E-state index contributed by atoms with van der Waals surface area (Å²) in [5, 5.41) is 0. The molecule has 13 heavy (non-hydrogen) atoms. The van der Waals surface area contributed by atoms with Crippen molar-refractivity contribution in [3.8, 4) is 0 Å². The first-order valence-corrected chi connectivity index (χ1v) is 4.91. The summed E-state index contributed by atoms with van der Waals surface area (Å²) in [6.45, 7) is 4.43. The second kappa shape index (κ2) is 2.58. The highest BCUT2D eigenvalue weighted by Gasteiger charge is 2.51. The van der Waals surface area contributed by atoms with Crippen LogP contribution in [0, 0.1) is 5.41 Å². The molecule has 1 aromatic carbocycles. The Kier molecular flexibility index (Phi) is 1.74. The lowest BCUT2D eigenvalue weighted by atomic mass is 9.79. The fourth-order valence-corrected chi connectivity index (χ4v) is 1.84. The minimum absolute atomic E-state index is 0.158. The number of hydrogen-bond acceptors (Lipinski definition) is 1. The van der Waals surface area contributed by atoms with Crippen molar-refractivity contribution >= 4 is 0 Å². The summed E-state index contributed by atoms with van der Waals surface area (Å²) < 4.78 is 0. The lowest BCUT2D eigenvalue weighted by molar-refractivity contribution is 0.301. The van der Waals surface area contributed by atoms with Crippen molar-refractivity contribution in [3.05, 3.63) is 35.9 Å². The fourth-order valence-electron chi connectivity index (χ4n) is 1.84. The van der Waals surface area contributed by atoms with E-state index in [1.807, 2.05) is 6.07 Å². The maximum atomic E-state index is 6.38. The van der Waals surface area contributed by atoms with Crippen LogP contribution >= 0.6 is 0 Å². The van der Waals surface area contributed by atoms with Gasteiger partial charge < -0.3 is 5.73 Å². The molecule has 1 nitrogen and oxygen atoms in total. The number of rotatable bonds is 2. The zero-order valence-corrected chi connectivity index (χ0v) is 8.38. The van der Waals surface area contributed by atoms with Gasteiger partial charge in [0.25, 0.3) is 0 Å². The molecule has 0 radical (unpaired) electrons. The average Bonchev–Trinajstić information content (AvgIpc) is 2.87. The standard InChI is InChI=1S/C12H17N/c1-11(8-9-11)12(2,13)10-6-4-3-5-7-10/h3-7H,8-9,13H2,1-2H3. The van der Waals surface area contributed by atoms with Crippen LogP contribution in [-0.2, 0) is 5.54 Å². The van der Waals surface area contributed by atoms with Gasteiger partial charge in [-0.1, -0.05) is 37.3 Å². The third-order valence-electron chi connectivity index (χ3n) is 3.63. The van der Waals surface area contributed by atoms with Gasteiger partial charge in [-0.3, -0.25) is 0 Å². The largest absolute Gasteiger partial charge is 0.321 e. The first-order valence-electron chi connectivity index (χ1n) is 4.91. The van der Waals surface area contributed by atoms with E-state index in [-0.39, 0.29) is 5.54 Å². The second-order valence-electron chi connectivity index (χ2n) is 4.63. The first-order chi connectivity index (χ1) is 6.06. The molecule has 0 spiro atoms. The average molecular weight is 175 g/mol. The predicted molar refractivity (Wildman–Crippen MR) is 55.3 cm³/mol. The Hall–Kier alpha value is -0.820. The predicted octanol–water partition coefficient (Wildman–Crippen LogP) is 2.66. The lowest BCUT2D eigenvalue weighted by Crippen LogP contribution is -2.41. The van der Waals surface area contributed by atoms with Gasteiger partial charge in [0.15, 0.2) is 0 Å². The zero-order valence-electron chi connectivity index (χ0n) is 8.38. The molecular formula is C12H17N. The molecule has 70 valence electrons. The lowest BCUT2D eigenvalue weighted by Gasteiger charge is -2.32. The van der Waals surface area contributed by atoms with Gasteiger partial charge in [0.1, 0.15) is 0 Å². The van der Waals surface area contributed by atoms with E-state index < -0.39 is 0 Å². The molecule has 0 bridgehead atoms. The summed E-state index contributed by atoms with van der Waals surface area (Å²) in [6.07, 6.45) is 2.52. The Morgan fingerprint density at radius 2 is 1.77 bits per heavy atom. The molecule has 0 saturated heterocycles. The van der Waals surface area contributed by atoms with Gasteiger partial charge in [-0.15, -0.1) is 0 Å². The van der Waals surface area contributed by atoms with Crippen LogP contribution < -0.4 is 5.73 Å². The highest BCUT2D eigenvalue weighted by atomic mass is 14.8. The fraction of sp³-hybridized carbons (Fsp3) is 0.500. The molecular weight excluding hydrogens is 158 g/mol. The molecule has 1 aliphatic carbocycles. The third kappa shape index (κ3) is 1.28. The highest BCUT2D eigenvalue weighted by Crippen LogP contribution is 2.56. The van der Waals surface area contributed by atoms with E-state index in [1.54, 1.807) is 0 Å². The topological polar surface area (TPSA) is 26.0 Å². The van der Waals surface area contributed by atoms with Crippen molar-refractivity contribution in [1.29, 1.82) is 0 Å². The van der Waals surface area contributed by atoms with Crippen LogP contribution in [0.5, 0.6) is 0 Å². The summed E-state index contributed by atoms with van der Waals surface area (Å²) >= 11 is 0. The van der Waals surface area contributed by atoms with E-state index in [9.17, 15) is 0 Å². The summed E-state index contributed by atoms with van der Waals surface area (Å²) in [7, 11) is 0. The van der Waals surface area contributed by atoms with Crippen LogP contribution in [0.2, 0.25) is 0 Å². The van der Waals surface area contributed by atoms with Crippen molar-refractivity contribution in [2.45, 2.75) is 32.2 Å². The van der Waals surface area contributed by atoms with Crippen LogP contribution in [0.4, 0.5) is 0 Å². The SMILES string of the molecule is CC1(C(C)(N)c2ccccc2)CC1. The third-order valence-corrected chi connectivity index (χ3v) is 3.63. The van der Waals surface area contributed by atoms with E-state index in [4.69, 9.17) is 5.73 Å². The quantitative estimate of drug-likeness (QED) is 0.734. The van der Waals surface area contributed by atoms with Crippen molar-refractivity contribution in [2.24, 2.45) is 11.1 Å². The number of benzene rings is 1. The van der Waals surface area contributed by atoms with Gasteiger partial charge >= 0.3 is 0 Å². The summed E-state index contributed by atoms with van der Waals surface area (Å²) in [5.74, 6) is 0. The molecule has 2 rings (SSSR count). The van der Waals surface area contributed by atoms with E-state index in [2.05, 4.69) is 38.1 Å². The van der Waals surface area contributed by atoms with E-state index >= 15 is 0 Å². The minimum Gasteiger partial charge on any atom is -0.321 e. The minimum atomic E-state index is -0.158. The van der Waals surface area contributed by atoms with Crippen LogP contribution in [-0.4, -0.2) is 0 Å². The van der Waals surface area contributed by atoms with Crippen LogP contribution in [0.15, 0.2) is 30.3 Å². The van der Waals surface area contributed by atoms with Gasteiger partial charge in [0, 0.05) is 5.54 Å². The molecule has 1 fully saturated rings. The molecule has 0 aromatic heterocycles. The van der Waals surface area contributed by atoms with Gasteiger partial charge in [-0.25, -0.2) is 0 Å². The molecule has 1 aromatic rings. The van der Waals surface area contributed by atoms with Crippen molar-refractivity contribution in [1.82, 2.24) is 0 Å². The van der Waals surface area contributed by atoms with E-state index in [1.165, 1.54) is 18.4 Å². The molecule has 1 heteroatoms. The molecule has 1 aliphatic rings. The Bertz CT molecular complexity index is 296. The first kappa shape index (κ1) is 8.76. The highest BCUT2D eigenvalue weighted by molar-refractivity contribution is 5.28. The summed E-state index contributed by atoms with van der Waals surface area (Å²) in [6, 6.07) is 10.4. The monoisotopic (exact) mass is 175 g/mol. The van der Waals surface area contributed by atoms with Gasteiger partial charge in [0.05, 0.1) is 0 Å². The Morgan fingerprint density at radius 3 is 2.23 bits per heavy atom. The van der Waals surface area contributed by atoms with Crippen molar-refractivity contribution < 1.29 is 0 Å². The number of nitrogens with two attached hydrogens (primary N) is 1. The molecule has 1 atom stereocenters. The Morgan fingerprint density at radius 1 is 1.23 bits per heavy atom. The smallest absolute Gasteiger partial charge is 0.0435 e. The van der Waals surface area contributed by atoms with Crippen LogP contribution in [0.3, 0.4) is 0 Å². The summed E-state index contributed by atoms with van der Waals surface area (Å²) in [4.78, 5) is 0. The van der Waals surface area contributed by atoms with Gasteiger partial charge in [-0.2, -0.15) is 0 Å².